The molecule has 2 fully saturated rings. The maximum absolute atomic E-state index is 3.72. The molecule has 0 radical (unpaired) electrons. The minimum Gasteiger partial charge on any atom is -0.313 e. The summed E-state index contributed by atoms with van der Waals surface area (Å²) < 4.78 is 0. The molecule has 0 saturated heterocycles. The first-order valence-corrected chi connectivity index (χ1v) is 6.27. The van der Waals surface area contributed by atoms with E-state index in [1.165, 1.54) is 44.9 Å². The lowest BCUT2D eigenvalue weighted by atomic mass is 9.83. The third kappa shape index (κ3) is 3.25. The molecule has 2 aliphatic rings. The third-order valence-electron chi connectivity index (χ3n) is 3.64. The molecule has 2 saturated carbocycles. The lowest BCUT2D eigenvalue weighted by Gasteiger charge is -2.34. The number of nitrogens with one attached hydrogen (secondary N) is 2. The summed E-state index contributed by atoms with van der Waals surface area (Å²) in [5.41, 5.74) is 0.448. The van der Waals surface area contributed by atoms with Gasteiger partial charge in [0.15, 0.2) is 0 Å². The quantitative estimate of drug-likeness (QED) is 0.658. The maximum Gasteiger partial charge on any atom is 0.0153 e. The molecule has 14 heavy (non-hydrogen) atoms. The van der Waals surface area contributed by atoms with E-state index in [0.717, 1.165) is 19.1 Å². The van der Waals surface area contributed by atoms with E-state index in [4.69, 9.17) is 0 Å². The van der Waals surface area contributed by atoms with Crippen molar-refractivity contribution in [3.8, 4) is 0 Å². The molecule has 2 heteroatoms. The van der Waals surface area contributed by atoms with Crippen molar-refractivity contribution < 1.29 is 0 Å². The lowest BCUT2D eigenvalue weighted by Crippen LogP contribution is -2.46. The van der Waals surface area contributed by atoms with Gasteiger partial charge in [-0.15, -0.1) is 0 Å². The van der Waals surface area contributed by atoms with Crippen LogP contribution in [0.5, 0.6) is 0 Å². The predicted octanol–water partition coefficient (Wildman–Crippen LogP) is 2.05. The highest BCUT2D eigenvalue weighted by atomic mass is 15.0. The zero-order chi connectivity index (χ0) is 9.86. The van der Waals surface area contributed by atoms with Crippen molar-refractivity contribution in [3.05, 3.63) is 0 Å². The standard InChI is InChI=1S/C12H24N2/c1-12(7-3-2-4-8-12)14-10-9-13-11-5-6-11/h11,13-14H,2-10H2,1H3. The molecule has 0 atom stereocenters. The highest BCUT2D eigenvalue weighted by Crippen LogP contribution is 2.27. The van der Waals surface area contributed by atoms with E-state index in [1.807, 2.05) is 0 Å². The van der Waals surface area contributed by atoms with Crippen LogP contribution >= 0.6 is 0 Å². The fraction of sp³-hybridized carbons (Fsp3) is 1.00. The summed E-state index contributed by atoms with van der Waals surface area (Å²) in [4.78, 5) is 0. The molecule has 0 aliphatic heterocycles. The molecule has 2 N–H and O–H groups in total. The molecule has 0 aromatic carbocycles. The van der Waals surface area contributed by atoms with Crippen molar-refractivity contribution in [1.82, 2.24) is 10.6 Å². The molecular weight excluding hydrogens is 172 g/mol. The van der Waals surface area contributed by atoms with Gasteiger partial charge in [0.05, 0.1) is 0 Å². The summed E-state index contributed by atoms with van der Waals surface area (Å²) in [6, 6.07) is 0.857. The number of rotatable bonds is 5. The van der Waals surface area contributed by atoms with Gasteiger partial charge in [-0.25, -0.2) is 0 Å². The first-order chi connectivity index (χ1) is 6.79. The van der Waals surface area contributed by atoms with Crippen LogP contribution in [0.2, 0.25) is 0 Å². The van der Waals surface area contributed by atoms with Crippen molar-refractivity contribution in [3.63, 3.8) is 0 Å². The fourth-order valence-electron chi connectivity index (χ4n) is 2.44. The van der Waals surface area contributed by atoms with Gasteiger partial charge in [0, 0.05) is 24.7 Å². The first-order valence-electron chi connectivity index (χ1n) is 6.27. The first kappa shape index (κ1) is 10.4. The van der Waals surface area contributed by atoms with Crippen LogP contribution < -0.4 is 10.6 Å². The molecule has 2 rings (SSSR count). The van der Waals surface area contributed by atoms with Gasteiger partial charge < -0.3 is 10.6 Å². The van der Waals surface area contributed by atoms with Crippen LogP contribution in [0.15, 0.2) is 0 Å². The van der Waals surface area contributed by atoms with Crippen molar-refractivity contribution in [2.45, 2.75) is 63.5 Å². The molecule has 0 amide bonds. The van der Waals surface area contributed by atoms with Gasteiger partial charge in [0.1, 0.15) is 0 Å². The SMILES string of the molecule is CC1(NCCNC2CC2)CCCCC1. The Hall–Kier alpha value is -0.0800. The highest BCUT2D eigenvalue weighted by Gasteiger charge is 2.26. The molecule has 0 spiro atoms. The van der Waals surface area contributed by atoms with Gasteiger partial charge in [-0.05, 0) is 32.6 Å². The van der Waals surface area contributed by atoms with Crippen LogP contribution in [0.1, 0.15) is 51.9 Å². The molecule has 0 unspecified atom stereocenters. The molecule has 0 bridgehead atoms. The van der Waals surface area contributed by atoms with Crippen molar-refractivity contribution >= 4 is 0 Å². The Morgan fingerprint density at radius 2 is 1.79 bits per heavy atom. The van der Waals surface area contributed by atoms with Gasteiger partial charge in [-0.3, -0.25) is 0 Å². The zero-order valence-electron chi connectivity index (χ0n) is 9.44. The minimum atomic E-state index is 0.448. The van der Waals surface area contributed by atoms with Gasteiger partial charge in [-0.2, -0.15) is 0 Å². The molecule has 0 aromatic rings. The second-order valence-corrected chi connectivity index (χ2v) is 5.28. The van der Waals surface area contributed by atoms with Crippen molar-refractivity contribution in [2.24, 2.45) is 0 Å². The van der Waals surface area contributed by atoms with Crippen LogP contribution in [0.25, 0.3) is 0 Å². The normalized spacial score (nSPS) is 26.4. The molecule has 2 nitrogen and oxygen atoms in total. The fourth-order valence-corrected chi connectivity index (χ4v) is 2.44. The average molecular weight is 196 g/mol. The van der Waals surface area contributed by atoms with Crippen LogP contribution in [0, 0.1) is 0 Å². The van der Waals surface area contributed by atoms with E-state index in [1.54, 1.807) is 0 Å². The maximum atomic E-state index is 3.72. The summed E-state index contributed by atoms with van der Waals surface area (Å²) in [6.07, 6.45) is 9.82. The van der Waals surface area contributed by atoms with Gasteiger partial charge >= 0.3 is 0 Å². The number of hydrogen-bond donors (Lipinski definition) is 2. The molecular formula is C12H24N2. The summed E-state index contributed by atoms with van der Waals surface area (Å²) in [7, 11) is 0. The largest absolute Gasteiger partial charge is 0.313 e. The summed E-state index contributed by atoms with van der Waals surface area (Å²) in [5.74, 6) is 0. The topological polar surface area (TPSA) is 24.1 Å². The average Bonchev–Trinajstić information content (AvgIpc) is 2.97. The molecule has 0 aromatic heterocycles. The Bertz CT molecular complexity index is 169. The Balaban J connectivity index is 1.57. The summed E-state index contributed by atoms with van der Waals surface area (Å²) in [6.45, 7) is 4.69. The van der Waals surface area contributed by atoms with Crippen LogP contribution in [0.3, 0.4) is 0 Å². The van der Waals surface area contributed by atoms with Crippen molar-refractivity contribution in [2.75, 3.05) is 13.1 Å². The van der Waals surface area contributed by atoms with E-state index in [2.05, 4.69) is 17.6 Å². The van der Waals surface area contributed by atoms with Gasteiger partial charge in [0.25, 0.3) is 0 Å². The Morgan fingerprint density at radius 3 is 2.43 bits per heavy atom. The lowest BCUT2D eigenvalue weighted by molar-refractivity contribution is 0.255. The Labute approximate surface area is 87.8 Å². The summed E-state index contributed by atoms with van der Waals surface area (Å²) >= 11 is 0. The third-order valence-corrected chi connectivity index (χ3v) is 3.64. The van der Waals surface area contributed by atoms with E-state index in [-0.39, 0.29) is 0 Å². The van der Waals surface area contributed by atoms with Gasteiger partial charge in [-0.1, -0.05) is 19.3 Å². The Morgan fingerprint density at radius 1 is 1.07 bits per heavy atom. The van der Waals surface area contributed by atoms with Gasteiger partial charge in [0.2, 0.25) is 0 Å². The molecule has 0 heterocycles. The molecule has 82 valence electrons. The number of hydrogen-bond acceptors (Lipinski definition) is 2. The van der Waals surface area contributed by atoms with Crippen LogP contribution in [0.4, 0.5) is 0 Å². The smallest absolute Gasteiger partial charge is 0.0153 e. The van der Waals surface area contributed by atoms with E-state index < -0.39 is 0 Å². The second kappa shape index (κ2) is 4.63. The minimum absolute atomic E-state index is 0.448. The predicted molar refractivity (Wildman–Crippen MR) is 60.5 cm³/mol. The molecule has 2 aliphatic carbocycles. The van der Waals surface area contributed by atoms with E-state index in [9.17, 15) is 0 Å². The highest BCUT2D eigenvalue weighted by molar-refractivity contribution is 4.87. The van der Waals surface area contributed by atoms with Crippen LogP contribution in [-0.4, -0.2) is 24.7 Å². The van der Waals surface area contributed by atoms with Crippen molar-refractivity contribution in [1.29, 1.82) is 0 Å². The van der Waals surface area contributed by atoms with E-state index in [0.29, 0.717) is 5.54 Å². The summed E-state index contributed by atoms with van der Waals surface area (Å²) in [5, 5.41) is 7.27. The second-order valence-electron chi connectivity index (χ2n) is 5.28. The van der Waals surface area contributed by atoms with Crippen LogP contribution in [-0.2, 0) is 0 Å². The van der Waals surface area contributed by atoms with E-state index >= 15 is 0 Å². The monoisotopic (exact) mass is 196 g/mol. The zero-order valence-corrected chi connectivity index (χ0v) is 9.44. The Kier molecular flexibility index (Phi) is 3.45.